The Morgan fingerprint density at radius 3 is 1.32 bits per heavy atom. The number of benzene rings is 4. The summed E-state index contributed by atoms with van der Waals surface area (Å²) in [5.41, 5.74) is 5.85. The molecule has 0 aromatic heterocycles. The van der Waals surface area contributed by atoms with Crippen LogP contribution in [0.1, 0.15) is 11.1 Å². The summed E-state index contributed by atoms with van der Waals surface area (Å²) in [6.45, 7) is 4.21. The normalized spacial score (nSPS) is 10.5. The molecular weight excluding hydrogens is 342 g/mol. The van der Waals surface area contributed by atoms with Crippen LogP contribution in [0.3, 0.4) is 0 Å². The highest BCUT2D eigenvalue weighted by molar-refractivity contribution is 5.76. The molecule has 28 heavy (non-hydrogen) atoms. The summed E-state index contributed by atoms with van der Waals surface area (Å²) in [7, 11) is 0. The second kappa shape index (κ2) is 8.01. The Bertz CT molecular complexity index is 975. The quantitative estimate of drug-likeness (QED) is 0.362. The maximum Gasteiger partial charge on any atom is 0.127 e. The minimum atomic E-state index is 0.822. The van der Waals surface area contributed by atoms with Crippen LogP contribution in [0.2, 0.25) is 0 Å². The van der Waals surface area contributed by atoms with Gasteiger partial charge in [0, 0.05) is 17.1 Å². The van der Waals surface area contributed by atoms with Crippen LogP contribution in [0.25, 0.3) is 0 Å². The molecule has 138 valence electrons. The van der Waals surface area contributed by atoms with E-state index in [1.807, 2.05) is 42.5 Å². The number of hydrogen-bond donors (Lipinski definition) is 0. The summed E-state index contributed by atoms with van der Waals surface area (Å²) in [6.07, 6.45) is 0. The molecule has 0 radical (unpaired) electrons. The summed E-state index contributed by atoms with van der Waals surface area (Å²) >= 11 is 0. The molecule has 0 saturated carbocycles. The number of aryl methyl sites for hydroxylation is 2. The molecule has 0 unspecified atom stereocenters. The largest absolute Gasteiger partial charge is 0.457 e. The molecule has 0 bridgehead atoms. The second-order valence-corrected chi connectivity index (χ2v) is 6.92. The molecule has 0 atom stereocenters. The van der Waals surface area contributed by atoms with Gasteiger partial charge in [0.1, 0.15) is 11.5 Å². The monoisotopic (exact) mass is 365 g/mol. The van der Waals surface area contributed by atoms with Crippen molar-refractivity contribution in [2.45, 2.75) is 13.8 Å². The number of anilines is 3. The molecule has 0 heterocycles. The van der Waals surface area contributed by atoms with Crippen LogP contribution in [0.4, 0.5) is 17.1 Å². The van der Waals surface area contributed by atoms with Crippen molar-refractivity contribution in [1.29, 1.82) is 0 Å². The van der Waals surface area contributed by atoms with Crippen LogP contribution in [0.15, 0.2) is 103 Å². The fraction of sp³-hybridized carbons (Fsp3) is 0.0769. The second-order valence-electron chi connectivity index (χ2n) is 6.92. The van der Waals surface area contributed by atoms with Crippen LogP contribution in [0, 0.1) is 13.8 Å². The highest BCUT2D eigenvalue weighted by Gasteiger charge is 2.12. The minimum Gasteiger partial charge on any atom is -0.457 e. The van der Waals surface area contributed by atoms with Crippen molar-refractivity contribution in [2.24, 2.45) is 0 Å². The summed E-state index contributed by atoms with van der Waals surface area (Å²) in [5, 5.41) is 0. The SMILES string of the molecule is Cc1ccc(N(c2ccc(C)cc2)c2ccc(Oc3ccccc3)cc2)cc1. The van der Waals surface area contributed by atoms with Gasteiger partial charge < -0.3 is 9.64 Å². The van der Waals surface area contributed by atoms with Gasteiger partial charge in [0.25, 0.3) is 0 Å². The van der Waals surface area contributed by atoms with E-state index in [1.165, 1.54) is 11.1 Å². The van der Waals surface area contributed by atoms with E-state index in [0.29, 0.717) is 0 Å². The number of ether oxygens (including phenoxy) is 1. The lowest BCUT2D eigenvalue weighted by molar-refractivity contribution is 0.483. The Morgan fingerprint density at radius 2 is 0.857 bits per heavy atom. The predicted octanol–water partition coefficient (Wildman–Crippen LogP) is 7.57. The molecule has 0 amide bonds. The van der Waals surface area contributed by atoms with Crippen LogP contribution in [-0.2, 0) is 0 Å². The van der Waals surface area contributed by atoms with Crippen molar-refractivity contribution in [2.75, 3.05) is 4.90 Å². The first-order chi connectivity index (χ1) is 13.7. The van der Waals surface area contributed by atoms with Gasteiger partial charge in [0.2, 0.25) is 0 Å². The van der Waals surface area contributed by atoms with E-state index in [-0.39, 0.29) is 0 Å². The van der Waals surface area contributed by atoms with E-state index in [4.69, 9.17) is 4.74 Å². The van der Waals surface area contributed by atoms with Crippen LogP contribution >= 0.6 is 0 Å². The topological polar surface area (TPSA) is 12.5 Å². The molecule has 0 spiro atoms. The first-order valence-corrected chi connectivity index (χ1v) is 9.45. The molecule has 0 saturated heterocycles. The lowest BCUT2D eigenvalue weighted by Gasteiger charge is -2.26. The average Bonchev–Trinajstić information content (AvgIpc) is 2.73. The van der Waals surface area contributed by atoms with Gasteiger partial charge in [-0.25, -0.2) is 0 Å². The van der Waals surface area contributed by atoms with Crippen molar-refractivity contribution in [3.63, 3.8) is 0 Å². The van der Waals surface area contributed by atoms with Crippen molar-refractivity contribution in [3.05, 3.63) is 114 Å². The van der Waals surface area contributed by atoms with Gasteiger partial charge in [0.05, 0.1) is 0 Å². The molecule has 0 aliphatic heterocycles. The summed E-state index contributed by atoms with van der Waals surface area (Å²) < 4.78 is 5.94. The summed E-state index contributed by atoms with van der Waals surface area (Å²) in [4.78, 5) is 2.26. The summed E-state index contributed by atoms with van der Waals surface area (Å²) in [6, 6.07) is 35.3. The zero-order chi connectivity index (χ0) is 19.3. The zero-order valence-corrected chi connectivity index (χ0v) is 16.2. The maximum absolute atomic E-state index is 5.94. The number of hydrogen-bond acceptors (Lipinski definition) is 2. The molecule has 4 aromatic carbocycles. The fourth-order valence-electron chi connectivity index (χ4n) is 3.12. The molecule has 0 aliphatic carbocycles. The fourth-order valence-corrected chi connectivity index (χ4v) is 3.12. The third kappa shape index (κ3) is 4.07. The lowest BCUT2D eigenvalue weighted by atomic mass is 10.1. The minimum absolute atomic E-state index is 0.822. The van der Waals surface area contributed by atoms with E-state index in [9.17, 15) is 0 Å². The number of para-hydroxylation sites is 1. The Morgan fingerprint density at radius 1 is 0.464 bits per heavy atom. The Balaban J connectivity index is 1.68. The Hall–Kier alpha value is -3.52. The Labute approximate surface area is 166 Å². The third-order valence-electron chi connectivity index (χ3n) is 4.66. The number of nitrogens with zero attached hydrogens (tertiary/aromatic N) is 1. The molecule has 2 heteroatoms. The van der Waals surface area contributed by atoms with Crippen molar-refractivity contribution < 1.29 is 4.74 Å². The van der Waals surface area contributed by atoms with E-state index in [1.54, 1.807) is 0 Å². The van der Waals surface area contributed by atoms with E-state index >= 15 is 0 Å². The van der Waals surface area contributed by atoms with Crippen LogP contribution in [-0.4, -0.2) is 0 Å². The molecule has 0 aliphatic rings. The average molecular weight is 365 g/mol. The van der Waals surface area contributed by atoms with Crippen molar-refractivity contribution in [1.82, 2.24) is 0 Å². The van der Waals surface area contributed by atoms with Gasteiger partial charge in [-0.05, 0) is 74.5 Å². The lowest BCUT2D eigenvalue weighted by Crippen LogP contribution is -2.09. The van der Waals surface area contributed by atoms with Gasteiger partial charge in [-0.3, -0.25) is 0 Å². The first kappa shape index (κ1) is 17.9. The van der Waals surface area contributed by atoms with E-state index in [0.717, 1.165) is 28.6 Å². The van der Waals surface area contributed by atoms with Crippen LogP contribution < -0.4 is 9.64 Å². The molecule has 0 N–H and O–H groups in total. The molecule has 0 fully saturated rings. The Kier molecular flexibility index (Phi) is 5.11. The van der Waals surface area contributed by atoms with E-state index < -0.39 is 0 Å². The molecular formula is C26H23NO. The van der Waals surface area contributed by atoms with Crippen molar-refractivity contribution >= 4 is 17.1 Å². The smallest absolute Gasteiger partial charge is 0.127 e. The van der Waals surface area contributed by atoms with Crippen LogP contribution in [0.5, 0.6) is 11.5 Å². The highest BCUT2D eigenvalue weighted by atomic mass is 16.5. The first-order valence-electron chi connectivity index (χ1n) is 9.45. The molecule has 2 nitrogen and oxygen atoms in total. The molecule has 4 rings (SSSR count). The third-order valence-corrected chi connectivity index (χ3v) is 4.66. The van der Waals surface area contributed by atoms with Gasteiger partial charge in [-0.2, -0.15) is 0 Å². The van der Waals surface area contributed by atoms with Gasteiger partial charge in [0.15, 0.2) is 0 Å². The summed E-state index contributed by atoms with van der Waals surface area (Å²) in [5.74, 6) is 1.66. The standard InChI is InChI=1S/C26H23NO/c1-20-8-12-22(13-9-20)27(23-14-10-21(2)11-15-23)24-16-18-26(19-17-24)28-25-6-4-3-5-7-25/h3-19H,1-2H3. The predicted molar refractivity (Wildman–Crippen MR) is 117 cm³/mol. The van der Waals surface area contributed by atoms with Gasteiger partial charge in [-0.1, -0.05) is 53.6 Å². The van der Waals surface area contributed by atoms with Gasteiger partial charge in [-0.15, -0.1) is 0 Å². The van der Waals surface area contributed by atoms with E-state index in [2.05, 4.69) is 79.4 Å². The van der Waals surface area contributed by atoms with Gasteiger partial charge >= 0.3 is 0 Å². The highest BCUT2D eigenvalue weighted by Crippen LogP contribution is 2.36. The number of rotatable bonds is 5. The molecule has 4 aromatic rings. The van der Waals surface area contributed by atoms with Crippen molar-refractivity contribution in [3.8, 4) is 11.5 Å². The maximum atomic E-state index is 5.94. The zero-order valence-electron chi connectivity index (χ0n) is 16.2.